The number of rotatable bonds is 2. The number of ether oxygens (including phenoxy) is 1. The van der Waals surface area contributed by atoms with Crippen LogP contribution in [-0.4, -0.2) is 23.4 Å². The Kier molecular flexibility index (Phi) is 2.95. The largest absolute Gasteiger partial charge is 0.481 e. The molecule has 78 valence electrons. The molecule has 0 aromatic carbocycles. The molecule has 0 saturated heterocycles. The highest BCUT2D eigenvalue weighted by Crippen LogP contribution is 2.35. The SMILES string of the molecule is COc1ncccc1[C@@H](O)C(F)(F)F. The number of alkyl halides is 3. The second-order valence-corrected chi connectivity index (χ2v) is 2.55. The van der Waals surface area contributed by atoms with E-state index in [0.717, 1.165) is 6.07 Å². The van der Waals surface area contributed by atoms with Crippen molar-refractivity contribution in [3.05, 3.63) is 23.9 Å². The van der Waals surface area contributed by atoms with Gasteiger partial charge in [0.1, 0.15) is 0 Å². The fourth-order valence-electron chi connectivity index (χ4n) is 0.958. The van der Waals surface area contributed by atoms with E-state index in [1.165, 1.54) is 19.4 Å². The highest BCUT2D eigenvalue weighted by Gasteiger charge is 2.41. The van der Waals surface area contributed by atoms with Crippen LogP contribution < -0.4 is 4.74 Å². The normalized spacial score (nSPS) is 13.8. The molecule has 0 radical (unpaired) electrons. The molecule has 0 bridgehead atoms. The average molecular weight is 207 g/mol. The first-order valence-electron chi connectivity index (χ1n) is 3.70. The molecular weight excluding hydrogens is 199 g/mol. The molecule has 0 aliphatic heterocycles. The predicted octanol–water partition coefficient (Wildman–Crippen LogP) is 1.69. The maximum atomic E-state index is 12.1. The summed E-state index contributed by atoms with van der Waals surface area (Å²) in [4.78, 5) is 3.55. The van der Waals surface area contributed by atoms with Crippen molar-refractivity contribution in [3.63, 3.8) is 0 Å². The summed E-state index contributed by atoms with van der Waals surface area (Å²) in [5.74, 6) is -0.225. The molecule has 0 spiro atoms. The average Bonchev–Trinajstić information content (AvgIpc) is 2.15. The molecule has 14 heavy (non-hydrogen) atoms. The third-order valence-corrected chi connectivity index (χ3v) is 1.60. The van der Waals surface area contributed by atoms with Crippen LogP contribution in [0.15, 0.2) is 18.3 Å². The van der Waals surface area contributed by atoms with Gasteiger partial charge in [-0.1, -0.05) is 0 Å². The van der Waals surface area contributed by atoms with Crippen LogP contribution in [0.5, 0.6) is 5.88 Å². The molecule has 1 rings (SSSR count). The number of aromatic nitrogens is 1. The van der Waals surface area contributed by atoms with Crippen molar-refractivity contribution in [1.82, 2.24) is 4.98 Å². The van der Waals surface area contributed by atoms with Gasteiger partial charge in [0.25, 0.3) is 0 Å². The summed E-state index contributed by atoms with van der Waals surface area (Å²) in [5.41, 5.74) is -0.387. The molecular formula is C8H8F3NO2. The number of halogens is 3. The Hall–Kier alpha value is -1.30. The topological polar surface area (TPSA) is 42.4 Å². The maximum Gasteiger partial charge on any atom is 0.418 e. The second kappa shape index (κ2) is 3.83. The molecule has 1 aromatic rings. The van der Waals surface area contributed by atoms with Crippen molar-refractivity contribution >= 4 is 0 Å². The van der Waals surface area contributed by atoms with E-state index in [2.05, 4.69) is 9.72 Å². The molecule has 0 amide bonds. The minimum atomic E-state index is -4.71. The zero-order chi connectivity index (χ0) is 10.8. The Morgan fingerprint density at radius 1 is 1.50 bits per heavy atom. The molecule has 0 aliphatic carbocycles. The molecule has 0 unspecified atom stereocenters. The first kappa shape index (κ1) is 10.8. The Bertz CT molecular complexity index is 314. The van der Waals surface area contributed by atoms with E-state index < -0.39 is 12.3 Å². The lowest BCUT2D eigenvalue weighted by molar-refractivity contribution is -0.207. The Labute approximate surface area is 78.2 Å². The van der Waals surface area contributed by atoms with Crippen molar-refractivity contribution in [2.45, 2.75) is 12.3 Å². The number of aliphatic hydroxyl groups is 1. The number of aliphatic hydroxyl groups excluding tert-OH is 1. The first-order chi connectivity index (χ1) is 6.46. The lowest BCUT2D eigenvalue weighted by atomic mass is 10.1. The molecule has 0 saturated carbocycles. The highest BCUT2D eigenvalue weighted by molar-refractivity contribution is 5.28. The van der Waals surface area contributed by atoms with Gasteiger partial charge in [0.2, 0.25) is 5.88 Å². The lowest BCUT2D eigenvalue weighted by Crippen LogP contribution is -2.21. The summed E-state index contributed by atoms with van der Waals surface area (Å²) in [6.07, 6.45) is -5.99. The molecule has 1 N–H and O–H groups in total. The maximum absolute atomic E-state index is 12.1. The van der Waals surface area contributed by atoms with Crippen LogP contribution in [0.3, 0.4) is 0 Å². The van der Waals surface area contributed by atoms with Gasteiger partial charge in [0, 0.05) is 6.20 Å². The van der Waals surface area contributed by atoms with E-state index in [0.29, 0.717) is 0 Å². The van der Waals surface area contributed by atoms with Crippen LogP contribution >= 0.6 is 0 Å². The number of hydrogen-bond donors (Lipinski definition) is 1. The van der Waals surface area contributed by atoms with E-state index in [9.17, 15) is 13.2 Å². The van der Waals surface area contributed by atoms with Crippen molar-refractivity contribution < 1.29 is 23.0 Å². The zero-order valence-corrected chi connectivity index (χ0v) is 7.25. The predicted molar refractivity (Wildman–Crippen MR) is 41.8 cm³/mol. The van der Waals surface area contributed by atoms with Crippen LogP contribution in [-0.2, 0) is 0 Å². The number of pyridine rings is 1. The Balaban J connectivity index is 3.06. The summed E-state index contributed by atoms with van der Waals surface area (Å²) >= 11 is 0. The number of methoxy groups -OCH3 is 1. The molecule has 1 aromatic heterocycles. The number of hydrogen-bond acceptors (Lipinski definition) is 3. The number of nitrogens with zero attached hydrogens (tertiary/aromatic N) is 1. The summed E-state index contributed by atoms with van der Waals surface area (Å²) in [7, 11) is 1.19. The minimum absolute atomic E-state index is 0.225. The highest BCUT2D eigenvalue weighted by atomic mass is 19.4. The summed E-state index contributed by atoms with van der Waals surface area (Å²) in [6, 6.07) is 2.41. The zero-order valence-electron chi connectivity index (χ0n) is 7.25. The van der Waals surface area contributed by atoms with E-state index in [1.807, 2.05) is 0 Å². The Morgan fingerprint density at radius 2 is 2.14 bits per heavy atom. The quantitative estimate of drug-likeness (QED) is 0.802. The third-order valence-electron chi connectivity index (χ3n) is 1.60. The van der Waals surface area contributed by atoms with Crippen molar-refractivity contribution in [2.75, 3.05) is 7.11 Å². The van der Waals surface area contributed by atoms with Crippen LogP contribution in [0, 0.1) is 0 Å². The first-order valence-corrected chi connectivity index (χ1v) is 3.70. The Morgan fingerprint density at radius 3 is 2.64 bits per heavy atom. The van der Waals surface area contributed by atoms with Gasteiger partial charge >= 0.3 is 6.18 Å². The van der Waals surface area contributed by atoms with Crippen LogP contribution in [0.1, 0.15) is 11.7 Å². The van der Waals surface area contributed by atoms with Gasteiger partial charge in [0.15, 0.2) is 6.10 Å². The van der Waals surface area contributed by atoms with Crippen LogP contribution in [0.2, 0.25) is 0 Å². The fourth-order valence-corrected chi connectivity index (χ4v) is 0.958. The molecule has 6 heteroatoms. The van der Waals surface area contributed by atoms with Gasteiger partial charge in [-0.15, -0.1) is 0 Å². The van der Waals surface area contributed by atoms with E-state index in [-0.39, 0.29) is 11.4 Å². The minimum Gasteiger partial charge on any atom is -0.481 e. The second-order valence-electron chi connectivity index (χ2n) is 2.55. The van der Waals surface area contributed by atoms with Crippen LogP contribution in [0.4, 0.5) is 13.2 Å². The smallest absolute Gasteiger partial charge is 0.418 e. The van der Waals surface area contributed by atoms with E-state index in [1.54, 1.807) is 0 Å². The van der Waals surface area contributed by atoms with Gasteiger partial charge in [0.05, 0.1) is 12.7 Å². The van der Waals surface area contributed by atoms with E-state index in [4.69, 9.17) is 5.11 Å². The molecule has 1 atom stereocenters. The van der Waals surface area contributed by atoms with Gasteiger partial charge in [-0.25, -0.2) is 4.98 Å². The lowest BCUT2D eigenvalue weighted by Gasteiger charge is -2.16. The molecule has 0 fully saturated rings. The van der Waals surface area contributed by atoms with Crippen LogP contribution in [0.25, 0.3) is 0 Å². The summed E-state index contributed by atoms with van der Waals surface area (Å²) in [6.45, 7) is 0. The standard InChI is InChI=1S/C8H8F3NO2/c1-14-7-5(3-2-4-12-7)6(13)8(9,10)11/h2-4,6,13H,1H3/t6-/m1/s1. The summed E-state index contributed by atoms with van der Waals surface area (Å²) in [5, 5.41) is 8.92. The van der Waals surface area contributed by atoms with Gasteiger partial charge in [-0.3, -0.25) is 0 Å². The molecule has 0 aliphatic rings. The fraction of sp³-hybridized carbons (Fsp3) is 0.375. The van der Waals surface area contributed by atoms with Crippen molar-refractivity contribution in [3.8, 4) is 5.88 Å². The molecule has 1 heterocycles. The van der Waals surface area contributed by atoms with Gasteiger partial charge < -0.3 is 9.84 Å². The molecule has 3 nitrogen and oxygen atoms in total. The van der Waals surface area contributed by atoms with E-state index >= 15 is 0 Å². The monoisotopic (exact) mass is 207 g/mol. The van der Waals surface area contributed by atoms with Gasteiger partial charge in [-0.05, 0) is 12.1 Å². The summed E-state index contributed by atoms with van der Waals surface area (Å²) < 4.78 is 40.9. The van der Waals surface area contributed by atoms with Crippen molar-refractivity contribution in [1.29, 1.82) is 0 Å². The third kappa shape index (κ3) is 2.14. The van der Waals surface area contributed by atoms with Crippen molar-refractivity contribution in [2.24, 2.45) is 0 Å². The van der Waals surface area contributed by atoms with Gasteiger partial charge in [-0.2, -0.15) is 13.2 Å².